The normalized spacial score (nSPS) is 14.0. The van der Waals surface area contributed by atoms with E-state index >= 15 is 0 Å². The van der Waals surface area contributed by atoms with Crippen LogP contribution in [0.15, 0.2) is 0 Å². The van der Waals surface area contributed by atoms with Crippen LogP contribution in [0.25, 0.3) is 0 Å². The summed E-state index contributed by atoms with van der Waals surface area (Å²) in [5.74, 6) is -1.06. The van der Waals surface area contributed by atoms with Gasteiger partial charge in [-0.1, -0.05) is 25.6 Å². The number of hydrogen-bond donors (Lipinski definition) is 1. The number of hydrogen-bond acceptors (Lipinski definition) is 4. The predicted molar refractivity (Wildman–Crippen MR) is 89.5 cm³/mol. The molecule has 2 unspecified atom stereocenters. The van der Waals surface area contributed by atoms with Crippen LogP contribution in [0, 0.1) is 47.0 Å². The summed E-state index contributed by atoms with van der Waals surface area (Å²) in [7, 11) is 0. The van der Waals surface area contributed by atoms with Gasteiger partial charge in [-0.2, -0.15) is 12.1 Å². The quantitative estimate of drug-likeness (QED) is 0.318. The Morgan fingerprint density at radius 1 is 0.619 bits per heavy atom. The third-order valence-electron chi connectivity index (χ3n) is 4.97. The van der Waals surface area contributed by atoms with Gasteiger partial charge in [-0.25, -0.2) is 0 Å². The Balaban J connectivity index is -0.0000000268. The molecule has 1 aromatic rings. The molecule has 2 amide bonds. The van der Waals surface area contributed by atoms with E-state index in [1.165, 1.54) is 4.90 Å². The summed E-state index contributed by atoms with van der Waals surface area (Å²) in [5.41, 5.74) is 4.97. The first-order valence-electron chi connectivity index (χ1n) is 8.06. The Bertz CT molecular complexity index is 742. The SMILES string of the molecule is Cc1c2nc(c(C)c1C)C(C)N1C(=O)C(=O)N([CH-][CH-]N[CH-]2)[CH-]C1C.[Y].[Y].[Y].[Y].[Y].[Y].[Y].[Y].[Y].[Y].[Y].[Y].[Y].[Y].[Y].[Y].[Y].[Y]. The van der Waals surface area contributed by atoms with Crippen molar-refractivity contribution in [2.45, 2.75) is 46.7 Å². The van der Waals surface area contributed by atoms with Crippen LogP contribution < -0.4 is 5.32 Å². The van der Waals surface area contributed by atoms with Crippen LogP contribution in [-0.4, -0.2) is 32.6 Å². The number of piperazine rings is 1. The van der Waals surface area contributed by atoms with Crippen molar-refractivity contribution in [2.75, 3.05) is 0 Å². The molecule has 0 spiro atoms. The van der Waals surface area contributed by atoms with Crippen LogP contribution in [0.3, 0.4) is 0 Å². The van der Waals surface area contributed by atoms with Gasteiger partial charge >= 0.3 is 5.91 Å². The molecule has 4 heterocycles. The summed E-state index contributed by atoms with van der Waals surface area (Å²) in [4.78, 5) is 32.7. The molecule has 1 saturated heterocycles. The molecule has 0 saturated carbocycles. The largest absolute Gasteiger partial charge is 0.654 e. The van der Waals surface area contributed by atoms with Crippen LogP contribution in [0.4, 0.5) is 0 Å². The summed E-state index contributed by atoms with van der Waals surface area (Å²) in [6.07, 6.45) is 0. The number of pyridine rings is 1. The summed E-state index contributed by atoms with van der Waals surface area (Å²) in [6.45, 7) is 16.7. The number of nitrogens with one attached hydrogen (secondary N) is 1. The van der Waals surface area contributed by atoms with Crippen LogP contribution in [0.1, 0.15) is 48.0 Å². The minimum atomic E-state index is -0.555. The summed E-state index contributed by atoms with van der Waals surface area (Å²) >= 11 is 0. The van der Waals surface area contributed by atoms with Crippen molar-refractivity contribution in [2.24, 2.45) is 0 Å². The molecule has 1 aromatic heterocycles. The van der Waals surface area contributed by atoms with E-state index in [0.717, 1.165) is 28.1 Å². The van der Waals surface area contributed by atoms with Crippen LogP contribution in [0.2, 0.25) is 0 Å². The first-order chi connectivity index (χ1) is 11.3. The molecule has 18 radical (unpaired) electrons. The molecule has 1 fully saturated rings. The standard InChI is InChI=1S/C18H22N4O2.18Y/c1-10-9-21-7-6-19-8-15-12(3)11(2)13(4)16(20-15)14(5)22(10)18(24)17(21)23;;;;;;;;;;;;;;;;;;/h6-10,14,19H,1-5H3;;;;;;;;;;;;;;;;;;/q-4;;;;;;;;;;;;;;;;;;. The van der Waals surface area contributed by atoms with Gasteiger partial charge in [-0.3, -0.25) is 21.1 Å². The van der Waals surface area contributed by atoms with Crippen molar-refractivity contribution in [3.63, 3.8) is 0 Å². The molecule has 3 aliphatic rings. The maximum absolute atomic E-state index is 12.6. The monoisotopic (exact) mass is 1930 g/mol. The summed E-state index contributed by atoms with van der Waals surface area (Å²) in [6, 6.07) is -0.491. The first-order valence-corrected chi connectivity index (χ1v) is 8.06. The number of carbonyl (C=O) groups excluding carboxylic acids is 2. The number of nitrogens with zero attached hydrogens (tertiary/aromatic N) is 3. The van der Waals surface area contributed by atoms with Gasteiger partial charge in [0, 0.05) is 589 Å². The molecule has 1 N–H and O–H groups in total. The smallest absolute Gasteiger partial charge is 0.305 e. The average Bonchev–Trinajstić information content (AvgIpc) is 2.54. The van der Waals surface area contributed by atoms with Crippen molar-refractivity contribution in [3.8, 4) is 0 Å². The van der Waals surface area contributed by atoms with E-state index in [1.807, 2.05) is 34.2 Å². The minimum Gasteiger partial charge on any atom is -0.654 e. The maximum atomic E-state index is 12.6. The Labute approximate surface area is 708 Å². The van der Waals surface area contributed by atoms with E-state index < -0.39 is 11.8 Å². The molecule has 2 atom stereocenters. The Hall–Kier alpha value is 17.8. The molecule has 4 bridgehead atoms. The zero-order chi connectivity index (χ0) is 17.6. The summed E-state index contributed by atoms with van der Waals surface area (Å²) in [5, 5.41) is 3.04. The number of rotatable bonds is 0. The van der Waals surface area contributed by atoms with Gasteiger partial charge in [0.15, 0.2) is 0 Å². The van der Waals surface area contributed by atoms with Gasteiger partial charge in [0.05, 0.1) is 11.7 Å². The number of carbonyl (C=O) groups is 2. The van der Waals surface area contributed by atoms with E-state index in [0.29, 0.717) is 0 Å². The van der Waals surface area contributed by atoms with Crippen molar-refractivity contribution in [1.82, 2.24) is 20.1 Å². The molecule has 42 heavy (non-hydrogen) atoms. The fourth-order valence-corrected chi connectivity index (χ4v) is 3.32. The second kappa shape index (κ2) is 60.9. The number of amides is 2. The van der Waals surface area contributed by atoms with Crippen LogP contribution in [-0.2, 0) is 598 Å². The van der Waals surface area contributed by atoms with Crippen molar-refractivity contribution >= 4 is 11.8 Å². The zero-order valence-corrected chi connectivity index (χ0v) is 76.1. The molecule has 0 aromatic carbocycles. The molecule has 184 valence electrons. The van der Waals surface area contributed by atoms with E-state index in [9.17, 15) is 9.59 Å². The van der Waals surface area contributed by atoms with Crippen molar-refractivity contribution in [3.05, 3.63) is 54.3 Å². The third-order valence-corrected chi connectivity index (χ3v) is 4.97. The third kappa shape index (κ3) is 35.2. The van der Waals surface area contributed by atoms with Gasteiger partial charge in [-0.15, -0.1) is 12.5 Å². The molecule has 4 rings (SSSR count). The van der Waals surface area contributed by atoms with Crippen LogP contribution >= 0.6 is 0 Å². The topological polar surface area (TPSA) is 65.5 Å². The van der Waals surface area contributed by atoms with E-state index in [-0.39, 0.29) is 601 Å². The Morgan fingerprint density at radius 3 is 1.43 bits per heavy atom. The molecular weight excluding hydrogens is 1900 g/mol. The molecule has 24 heteroatoms. The van der Waals surface area contributed by atoms with Crippen molar-refractivity contribution < 1.29 is 598 Å². The molecule has 6 nitrogen and oxygen atoms in total. The predicted octanol–water partition coefficient (Wildman–Crippen LogP) is 1.68. The maximum Gasteiger partial charge on any atom is 0.305 e. The van der Waals surface area contributed by atoms with Gasteiger partial charge in [-0.05, 0) is 19.4 Å². The summed E-state index contributed by atoms with van der Waals surface area (Å²) < 4.78 is 0. The minimum absolute atomic E-state index is 0. The zero-order valence-electron chi connectivity index (χ0n) is 25.0. The fraction of sp³-hybridized carbons (Fsp3) is 0.389. The van der Waals surface area contributed by atoms with E-state index in [1.54, 1.807) is 24.5 Å². The Kier molecular flexibility index (Phi) is 156. The average molecular weight is 1930 g/mol. The second-order valence-corrected chi connectivity index (χ2v) is 6.37. The van der Waals surface area contributed by atoms with Crippen molar-refractivity contribution in [1.29, 1.82) is 0 Å². The first kappa shape index (κ1) is 108. The van der Waals surface area contributed by atoms with E-state index in [2.05, 4.69) is 12.2 Å². The van der Waals surface area contributed by atoms with Gasteiger partial charge in [0.1, 0.15) is 0 Å². The molecular formula is C18H22N4O2Y18-4. The fourth-order valence-electron chi connectivity index (χ4n) is 3.32. The second-order valence-electron chi connectivity index (χ2n) is 6.37. The van der Waals surface area contributed by atoms with E-state index in [4.69, 9.17) is 4.98 Å². The van der Waals surface area contributed by atoms with Gasteiger partial charge < -0.3 is 28.2 Å². The molecule has 0 aliphatic carbocycles. The molecule has 3 aliphatic heterocycles. The Morgan fingerprint density at radius 2 is 1.02 bits per heavy atom. The van der Waals surface area contributed by atoms with Gasteiger partial charge in [0.25, 0.3) is 5.91 Å². The van der Waals surface area contributed by atoms with Crippen LogP contribution in [0.5, 0.6) is 0 Å². The number of fused-ring (bicyclic) bond motifs is 5. The van der Waals surface area contributed by atoms with Gasteiger partial charge in [0.2, 0.25) is 0 Å². The number of aromatic nitrogens is 1.